The minimum atomic E-state index is 0.196. The first kappa shape index (κ1) is 16.5. The van der Waals surface area contributed by atoms with E-state index in [1.165, 1.54) is 49.9 Å². The van der Waals surface area contributed by atoms with Gasteiger partial charge in [0.05, 0.1) is 11.4 Å². The van der Waals surface area contributed by atoms with Gasteiger partial charge in [-0.2, -0.15) is 5.10 Å². The summed E-state index contributed by atoms with van der Waals surface area (Å²) in [7, 11) is 2.06. The molecule has 1 heterocycles. The van der Waals surface area contributed by atoms with Gasteiger partial charge in [0.25, 0.3) is 0 Å². The van der Waals surface area contributed by atoms with Crippen LogP contribution in [-0.4, -0.2) is 33.3 Å². The normalized spacial score (nSPS) is 18.9. The van der Waals surface area contributed by atoms with Crippen LogP contribution in [0, 0.1) is 0 Å². The molecule has 1 aliphatic carbocycles. The van der Waals surface area contributed by atoms with Crippen LogP contribution in [-0.2, 0) is 20.0 Å². The third kappa shape index (κ3) is 3.67. The molecule has 1 aromatic rings. The van der Waals surface area contributed by atoms with Crippen LogP contribution in [0.15, 0.2) is 6.07 Å². The maximum Gasteiger partial charge on any atom is 0.0625 e. The lowest BCUT2D eigenvalue weighted by Gasteiger charge is -2.42. The molecule has 0 saturated heterocycles. The van der Waals surface area contributed by atoms with Crippen molar-refractivity contribution < 1.29 is 0 Å². The van der Waals surface area contributed by atoms with Gasteiger partial charge in [0.15, 0.2) is 0 Å². The molecule has 120 valence electrons. The lowest BCUT2D eigenvalue weighted by Crippen LogP contribution is -2.53. The fraction of sp³-hybridized carbons (Fsp3) is 0.824. The summed E-state index contributed by atoms with van der Waals surface area (Å²) in [5, 5.41) is 4.59. The molecule has 4 heteroatoms. The maximum absolute atomic E-state index is 6.24. The Morgan fingerprint density at radius 2 is 1.90 bits per heavy atom. The smallest absolute Gasteiger partial charge is 0.0625 e. The zero-order valence-electron chi connectivity index (χ0n) is 14.1. The molecule has 21 heavy (non-hydrogen) atoms. The summed E-state index contributed by atoms with van der Waals surface area (Å²) in [6, 6.07) is 2.25. The van der Waals surface area contributed by atoms with E-state index in [9.17, 15) is 0 Å². The molecule has 0 unspecified atom stereocenters. The molecule has 1 saturated carbocycles. The van der Waals surface area contributed by atoms with Crippen molar-refractivity contribution in [2.75, 3.05) is 13.1 Å². The molecule has 0 bridgehead atoms. The standard InChI is InChI=1S/C17H32N4/c1-4-15-12-16(20(3)19-15)13-21(5-2)17(14-18)10-8-6-7-9-11-17/h12H,4-11,13-14,18H2,1-3H3. The number of likely N-dealkylation sites (N-methyl/N-ethyl adjacent to an activating group) is 1. The zero-order chi connectivity index (χ0) is 15.3. The molecule has 0 aromatic carbocycles. The SMILES string of the molecule is CCc1cc(CN(CC)C2(CN)CCCCCC2)n(C)n1. The molecule has 2 N–H and O–H groups in total. The number of aromatic nitrogens is 2. The van der Waals surface area contributed by atoms with E-state index in [-0.39, 0.29) is 5.54 Å². The van der Waals surface area contributed by atoms with Crippen molar-refractivity contribution in [1.29, 1.82) is 0 Å². The van der Waals surface area contributed by atoms with Crippen LogP contribution in [0.25, 0.3) is 0 Å². The Kier molecular flexibility index (Phi) is 5.82. The van der Waals surface area contributed by atoms with Gasteiger partial charge in [-0.15, -0.1) is 0 Å². The van der Waals surface area contributed by atoms with Gasteiger partial charge in [-0.1, -0.05) is 39.5 Å². The van der Waals surface area contributed by atoms with Crippen molar-refractivity contribution in [1.82, 2.24) is 14.7 Å². The Balaban J connectivity index is 2.18. The van der Waals surface area contributed by atoms with E-state index in [1.54, 1.807) is 0 Å². The average Bonchev–Trinajstić information content (AvgIpc) is 2.72. The van der Waals surface area contributed by atoms with Crippen LogP contribution in [0.5, 0.6) is 0 Å². The van der Waals surface area contributed by atoms with E-state index < -0.39 is 0 Å². The fourth-order valence-corrected chi connectivity index (χ4v) is 3.74. The van der Waals surface area contributed by atoms with E-state index in [0.29, 0.717) is 0 Å². The van der Waals surface area contributed by atoms with Gasteiger partial charge >= 0.3 is 0 Å². The number of rotatable bonds is 6. The molecule has 1 fully saturated rings. The minimum absolute atomic E-state index is 0.196. The Labute approximate surface area is 129 Å². The quantitative estimate of drug-likeness (QED) is 0.820. The average molecular weight is 292 g/mol. The van der Waals surface area contributed by atoms with Gasteiger partial charge in [-0.25, -0.2) is 0 Å². The third-order valence-electron chi connectivity index (χ3n) is 5.21. The largest absolute Gasteiger partial charge is 0.329 e. The van der Waals surface area contributed by atoms with Crippen molar-refractivity contribution in [2.45, 2.75) is 70.9 Å². The molecule has 0 atom stereocenters. The van der Waals surface area contributed by atoms with E-state index >= 15 is 0 Å². The predicted molar refractivity (Wildman–Crippen MR) is 88.2 cm³/mol. The van der Waals surface area contributed by atoms with Crippen LogP contribution >= 0.6 is 0 Å². The molecule has 4 nitrogen and oxygen atoms in total. The number of nitrogens with two attached hydrogens (primary N) is 1. The van der Waals surface area contributed by atoms with E-state index in [2.05, 4.69) is 37.0 Å². The highest BCUT2D eigenvalue weighted by molar-refractivity contribution is 5.11. The lowest BCUT2D eigenvalue weighted by atomic mass is 9.88. The van der Waals surface area contributed by atoms with Crippen molar-refractivity contribution in [3.63, 3.8) is 0 Å². The number of aryl methyl sites for hydroxylation is 2. The molecule has 0 aliphatic heterocycles. The second-order valence-corrected chi connectivity index (χ2v) is 6.46. The first-order valence-corrected chi connectivity index (χ1v) is 8.62. The summed E-state index contributed by atoms with van der Waals surface area (Å²) >= 11 is 0. The summed E-state index contributed by atoms with van der Waals surface area (Å²) in [5.41, 5.74) is 8.94. The topological polar surface area (TPSA) is 47.1 Å². The highest BCUT2D eigenvalue weighted by Gasteiger charge is 2.35. The summed E-state index contributed by atoms with van der Waals surface area (Å²) in [6.45, 7) is 7.23. The van der Waals surface area contributed by atoms with Crippen LogP contribution in [0.4, 0.5) is 0 Å². The first-order valence-electron chi connectivity index (χ1n) is 8.62. The Morgan fingerprint density at radius 3 is 2.38 bits per heavy atom. The molecule has 2 rings (SSSR count). The lowest BCUT2D eigenvalue weighted by molar-refractivity contribution is 0.0732. The van der Waals surface area contributed by atoms with Gasteiger partial charge in [0.2, 0.25) is 0 Å². The molecule has 1 aromatic heterocycles. The van der Waals surface area contributed by atoms with E-state index in [4.69, 9.17) is 5.73 Å². The molecule has 0 radical (unpaired) electrons. The van der Waals surface area contributed by atoms with Gasteiger partial charge < -0.3 is 5.73 Å². The molecule has 0 amide bonds. The zero-order valence-corrected chi connectivity index (χ0v) is 14.1. The highest BCUT2D eigenvalue weighted by Crippen LogP contribution is 2.32. The van der Waals surface area contributed by atoms with Gasteiger partial charge in [0.1, 0.15) is 0 Å². The van der Waals surface area contributed by atoms with E-state index in [0.717, 1.165) is 26.1 Å². The third-order valence-corrected chi connectivity index (χ3v) is 5.21. The van der Waals surface area contributed by atoms with Crippen LogP contribution in [0.2, 0.25) is 0 Å². The maximum atomic E-state index is 6.24. The first-order chi connectivity index (χ1) is 10.1. The summed E-state index contributed by atoms with van der Waals surface area (Å²) in [5.74, 6) is 0. The second-order valence-electron chi connectivity index (χ2n) is 6.46. The molecular weight excluding hydrogens is 260 g/mol. The van der Waals surface area contributed by atoms with Crippen molar-refractivity contribution in [3.8, 4) is 0 Å². The molecular formula is C17H32N4. The Hall–Kier alpha value is -0.870. The number of hydrogen-bond acceptors (Lipinski definition) is 3. The van der Waals surface area contributed by atoms with Gasteiger partial charge in [0, 0.05) is 25.7 Å². The summed E-state index contributed by atoms with van der Waals surface area (Å²) < 4.78 is 2.04. The summed E-state index contributed by atoms with van der Waals surface area (Å²) in [4.78, 5) is 2.61. The Morgan fingerprint density at radius 1 is 1.24 bits per heavy atom. The van der Waals surface area contributed by atoms with Gasteiger partial charge in [-0.05, 0) is 31.9 Å². The van der Waals surface area contributed by atoms with Crippen molar-refractivity contribution >= 4 is 0 Å². The van der Waals surface area contributed by atoms with Crippen LogP contribution in [0.3, 0.4) is 0 Å². The second kappa shape index (κ2) is 7.41. The molecule has 0 spiro atoms. The Bertz CT molecular complexity index is 430. The predicted octanol–water partition coefficient (Wildman–Crippen LogP) is 2.86. The van der Waals surface area contributed by atoms with Crippen molar-refractivity contribution in [2.24, 2.45) is 12.8 Å². The fourth-order valence-electron chi connectivity index (χ4n) is 3.74. The number of hydrogen-bond donors (Lipinski definition) is 1. The highest BCUT2D eigenvalue weighted by atomic mass is 15.3. The molecule has 1 aliphatic rings. The monoisotopic (exact) mass is 292 g/mol. The van der Waals surface area contributed by atoms with E-state index in [1.807, 2.05) is 4.68 Å². The van der Waals surface area contributed by atoms with Crippen LogP contribution in [0.1, 0.15) is 63.8 Å². The van der Waals surface area contributed by atoms with Crippen molar-refractivity contribution in [3.05, 3.63) is 17.5 Å². The summed E-state index contributed by atoms with van der Waals surface area (Å²) in [6.07, 6.45) is 8.86. The minimum Gasteiger partial charge on any atom is -0.329 e. The van der Waals surface area contributed by atoms with Crippen LogP contribution < -0.4 is 5.73 Å². The number of nitrogens with zero attached hydrogens (tertiary/aromatic N) is 3. The van der Waals surface area contributed by atoms with Gasteiger partial charge in [-0.3, -0.25) is 9.58 Å².